The van der Waals surface area contributed by atoms with Crippen molar-refractivity contribution in [1.29, 1.82) is 0 Å². The third-order valence-corrected chi connectivity index (χ3v) is 3.49. The van der Waals surface area contributed by atoms with Gasteiger partial charge in [0.25, 0.3) is 0 Å². The summed E-state index contributed by atoms with van der Waals surface area (Å²) in [5.74, 6) is -0.852. The molecule has 5 heteroatoms. The molecule has 2 aromatic carbocycles. The summed E-state index contributed by atoms with van der Waals surface area (Å²) < 4.78 is 1.87. The molecule has 0 aliphatic carbocycles. The highest BCUT2D eigenvalue weighted by Crippen LogP contribution is 2.27. The van der Waals surface area contributed by atoms with E-state index in [9.17, 15) is 9.90 Å². The van der Waals surface area contributed by atoms with Gasteiger partial charge in [0.2, 0.25) is 0 Å². The van der Waals surface area contributed by atoms with Crippen molar-refractivity contribution in [3.05, 3.63) is 60.4 Å². The molecule has 1 atom stereocenters. The minimum Gasteiger partial charge on any atom is -0.481 e. The highest BCUT2D eigenvalue weighted by Gasteiger charge is 2.19. The van der Waals surface area contributed by atoms with Gasteiger partial charge in [0.1, 0.15) is 0 Å². The predicted octanol–water partition coefficient (Wildman–Crippen LogP) is 2.68. The van der Waals surface area contributed by atoms with Crippen LogP contribution in [0.3, 0.4) is 0 Å². The zero-order valence-corrected chi connectivity index (χ0v) is 11.3. The molecule has 0 amide bonds. The Hall–Kier alpha value is -2.82. The number of aliphatic carboxylic acids is 1. The number of fused-ring (bicyclic) bond motifs is 1. The van der Waals surface area contributed by atoms with E-state index in [-0.39, 0.29) is 12.5 Å². The molecule has 0 fully saturated rings. The minimum atomic E-state index is -0.852. The first-order valence-electron chi connectivity index (χ1n) is 6.64. The van der Waals surface area contributed by atoms with Crippen LogP contribution >= 0.6 is 0 Å². The Bertz CT molecular complexity index is 781. The summed E-state index contributed by atoms with van der Waals surface area (Å²) in [6.07, 6.45) is 1.66. The Kier molecular flexibility index (Phi) is 3.31. The largest absolute Gasteiger partial charge is 0.481 e. The lowest BCUT2D eigenvalue weighted by Crippen LogP contribution is -2.14. The summed E-state index contributed by atoms with van der Waals surface area (Å²) in [6, 6.07) is 14.7. The van der Waals surface area contributed by atoms with Gasteiger partial charge in [-0.05, 0) is 23.8 Å². The van der Waals surface area contributed by atoms with Crippen LogP contribution in [-0.4, -0.2) is 20.6 Å². The number of hydrogen-bond acceptors (Lipinski definition) is 3. The fraction of sp³-hybridized carbons (Fsp3) is 0.125. The van der Waals surface area contributed by atoms with Gasteiger partial charge in [-0.1, -0.05) is 30.3 Å². The molecule has 0 radical (unpaired) electrons. The molecule has 1 aromatic heterocycles. The number of rotatable bonds is 4. The fourth-order valence-electron chi connectivity index (χ4n) is 2.51. The van der Waals surface area contributed by atoms with Gasteiger partial charge in [0.05, 0.1) is 29.8 Å². The van der Waals surface area contributed by atoms with Gasteiger partial charge in [-0.2, -0.15) is 0 Å². The van der Waals surface area contributed by atoms with Crippen molar-refractivity contribution in [2.45, 2.75) is 12.5 Å². The first-order chi connectivity index (χ1) is 10.1. The van der Waals surface area contributed by atoms with Crippen LogP contribution in [0.15, 0.2) is 54.9 Å². The lowest BCUT2D eigenvalue weighted by Gasteiger charge is -2.18. The topological polar surface area (TPSA) is 81.1 Å². The average molecular weight is 281 g/mol. The summed E-state index contributed by atoms with van der Waals surface area (Å²) in [5.41, 5.74) is 9.04. The van der Waals surface area contributed by atoms with Crippen molar-refractivity contribution in [1.82, 2.24) is 9.55 Å². The van der Waals surface area contributed by atoms with E-state index in [1.165, 1.54) is 0 Å². The van der Waals surface area contributed by atoms with E-state index in [0.29, 0.717) is 5.69 Å². The van der Waals surface area contributed by atoms with Gasteiger partial charge in [-0.15, -0.1) is 0 Å². The number of imidazole rings is 1. The van der Waals surface area contributed by atoms with E-state index in [2.05, 4.69) is 4.98 Å². The van der Waals surface area contributed by atoms with Gasteiger partial charge in [-0.3, -0.25) is 4.79 Å². The Morgan fingerprint density at radius 2 is 2.00 bits per heavy atom. The maximum atomic E-state index is 11.2. The van der Waals surface area contributed by atoms with Crippen LogP contribution in [0.1, 0.15) is 18.0 Å². The third kappa shape index (κ3) is 2.58. The van der Waals surface area contributed by atoms with Crippen molar-refractivity contribution >= 4 is 22.7 Å². The standard InChI is InChI=1S/C16H15N3O2/c17-12-6-7-13-15(8-12)19(10-18-13)14(9-16(20)21)11-4-2-1-3-5-11/h1-8,10,14H,9,17H2,(H,20,21). The van der Waals surface area contributed by atoms with E-state index in [1.807, 2.05) is 47.0 Å². The summed E-state index contributed by atoms with van der Waals surface area (Å²) in [5, 5.41) is 9.21. The summed E-state index contributed by atoms with van der Waals surface area (Å²) in [4.78, 5) is 15.6. The molecule has 5 nitrogen and oxygen atoms in total. The second kappa shape index (κ2) is 5.28. The summed E-state index contributed by atoms with van der Waals surface area (Å²) >= 11 is 0. The Balaban J connectivity index is 2.14. The van der Waals surface area contributed by atoms with Gasteiger partial charge < -0.3 is 15.4 Å². The van der Waals surface area contributed by atoms with Crippen molar-refractivity contribution in [2.75, 3.05) is 5.73 Å². The lowest BCUT2D eigenvalue weighted by molar-refractivity contribution is -0.137. The average Bonchev–Trinajstić information content (AvgIpc) is 2.88. The molecule has 0 aliphatic heterocycles. The summed E-state index contributed by atoms with van der Waals surface area (Å²) in [6.45, 7) is 0. The van der Waals surface area contributed by atoms with Crippen LogP contribution in [0.2, 0.25) is 0 Å². The van der Waals surface area contributed by atoms with Crippen LogP contribution < -0.4 is 5.73 Å². The van der Waals surface area contributed by atoms with Crippen molar-refractivity contribution in [3.63, 3.8) is 0 Å². The SMILES string of the molecule is Nc1ccc2ncn(C(CC(=O)O)c3ccccc3)c2c1. The highest BCUT2D eigenvalue weighted by atomic mass is 16.4. The number of anilines is 1. The maximum absolute atomic E-state index is 11.2. The first-order valence-corrected chi connectivity index (χ1v) is 6.64. The van der Waals surface area contributed by atoms with Crippen molar-refractivity contribution in [3.8, 4) is 0 Å². The maximum Gasteiger partial charge on any atom is 0.305 e. The minimum absolute atomic E-state index is 0.00965. The number of carboxylic acid groups (broad SMARTS) is 1. The molecule has 106 valence electrons. The number of benzene rings is 2. The normalized spacial score (nSPS) is 12.4. The molecule has 0 bridgehead atoms. The third-order valence-electron chi connectivity index (χ3n) is 3.49. The highest BCUT2D eigenvalue weighted by molar-refractivity contribution is 5.79. The molecule has 21 heavy (non-hydrogen) atoms. The molecule has 0 spiro atoms. The van der Waals surface area contributed by atoms with Gasteiger partial charge in [0.15, 0.2) is 0 Å². The van der Waals surface area contributed by atoms with Crippen LogP contribution in [0.25, 0.3) is 11.0 Å². The van der Waals surface area contributed by atoms with Crippen molar-refractivity contribution < 1.29 is 9.90 Å². The van der Waals surface area contributed by atoms with E-state index in [4.69, 9.17) is 5.73 Å². The molecule has 0 aliphatic rings. The molecule has 1 unspecified atom stereocenters. The van der Waals surface area contributed by atoms with E-state index in [0.717, 1.165) is 16.6 Å². The van der Waals surface area contributed by atoms with E-state index < -0.39 is 5.97 Å². The van der Waals surface area contributed by atoms with E-state index >= 15 is 0 Å². The first kappa shape index (κ1) is 13.2. The lowest BCUT2D eigenvalue weighted by atomic mass is 10.0. The predicted molar refractivity (Wildman–Crippen MR) is 81.0 cm³/mol. The zero-order chi connectivity index (χ0) is 14.8. The number of hydrogen-bond donors (Lipinski definition) is 2. The second-order valence-electron chi connectivity index (χ2n) is 4.92. The van der Waals surface area contributed by atoms with Gasteiger partial charge in [0, 0.05) is 5.69 Å². The van der Waals surface area contributed by atoms with Crippen LogP contribution in [-0.2, 0) is 4.79 Å². The number of aromatic nitrogens is 2. The van der Waals surface area contributed by atoms with Crippen LogP contribution in [0.5, 0.6) is 0 Å². The Labute approximate surface area is 121 Å². The number of nitrogens with zero attached hydrogens (tertiary/aromatic N) is 2. The van der Waals surface area contributed by atoms with Gasteiger partial charge in [-0.25, -0.2) is 4.98 Å². The molecule has 3 aromatic rings. The van der Waals surface area contributed by atoms with E-state index in [1.54, 1.807) is 12.4 Å². The number of nitrogens with two attached hydrogens (primary N) is 1. The van der Waals surface area contributed by atoms with Crippen molar-refractivity contribution in [2.24, 2.45) is 0 Å². The molecular weight excluding hydrogens is 266 g/mol. The molecule has 0 saturated heterocycles. The summed E-state index contributed by atoms with van der Waals surface area (Å²) in [7, 11) is 0. The number of nitrogen functional groups attached to an aromatic ring is 1. The zero-order valence-electron chi connectivity index (χ0n) is 11.3. The van der Waals surface area contributed by atoms with Crippen LogP contribution in [0, 0.1) is 0 Å². The van der Waals surface area contributed by atoms with Crippen LogP contribution in [0.4, 0.5) is 5.69 Å². The smallest absolute Gasteiger partial charge is 0.305 e. The molecule has 1 heterocycles. The molecule has 3 N–H and O–H groups in total. The monoisotopic (exact) mass is 281 g/mol. The fourth-order valence-corrected chi connectivity index (χ4v) is 2.51. The molecule has 3 rings (SSSR count). The second-order valence-corrected chi connectivity index (χ2v) is 4.92. The number of carbonyl (C=O) groups is 1. The molecule has 0 saturated carbocycles. The molecular formula is C16H15N3O2. The Morgan fingerprint density at radius 1 is 1.24 bits per heavy atom. The Morgan fingerprint density at radius 3 is 2.71 bits per heavy atom. The quantitative estimate of drug-likeness (QED) is 0.720. The number of carboxylic acids is 1. The van der Waals surface area contributed by atoms with Gasteiger partial charge >= 0.3 is 5.97 Å².